The molecule has 1 saturated heterocycles. The lowest BCUT2D eigenvalue weighted by Gasteiger charge is -2.17. The lowest BCUT2D eigenvalue weighted by Crippen LogP contribution is -2.32. The first-order valence-electron chi connectivity index (χ1n) is 9.13. The maximum Gasteiger partial charge on any atom is 0.227 e. The number of nitrogens with zero attached hydrogens (tertiary/aromatic N) is 1. The number of halogens is 1. The molecular formula is C21H23ClN2O3. The molecule has 0 aliphatic carbocycles. The van der Waals surface area contributed by atoms with Crippen LogP contribution in [0.25, 0.3) is 0 Å². The van der Waals surface area contributed by atoms with Gasteiger partial charge in [0.25, 0.3) is 0 Å². The molecule has 0 aromatic heterocycles. The Morgan fingerprint density at radius 2 is 1.96 bits per heavy atom. The highest BCUT2D eigenvalue weighted by molar-refractivity contribution is 6.31. The Kier molecular flexibility index (Phi) is 6.35. The van der Waals surface area contributed by atoms with E-state index in [1.165, 1.54) is 0 Å². The van der Waals surface area contributed by atoms with E-state index in [1.54, 1.807) is 11.0 Å². The summed E-state index contributed by atoms with van der Waals surface area (Å²) in [5.74, 6) is 0.237. The minimum absolute atomic E-state index is 0.0462. The number of carbonyl (C=O) groups is 2. The van der Waals surface area contributed by atoms with Crippen LogP contribution in [0.3, 0.4) is 0 Å². The van der Waals surface area contributed by atoms with Crippen LogP contribution in [-0.4, -0.2) is 25.0 Å². The molecule has 0 spiro atoms. The third kappa shape index (κ3) is 4.80. The zero-order chi connectivity index (χ0) is 19.2. The molecule has 0 saturated carbocycles. The molecule has 2 aromatic rings. The van der Waals surface area contributed by atoms with Gasteiger partial charge in [0.15, 0.2) is 0 Å². The van der Waals surface area contributed by atoms with E-state index in [0.29, 0.717) is 24.7 Å². The summed E-state index contributed by atoms with van der Waals surface area (Å²) in [7, 11) is 0. The van der Waals surface area contributed by atoms with Crippen LogP contribution in [0.1, 0.15) is 25.3 Å². The van der Waals surface area contributed by atoms with E-state index in [1.807, 2.05) is 49.4 Å². The van der Waals surface area contributed by atoms with E-state index in [4.69, 9.17) is 16.3 Å². The predicted molar refractivity (Wildman–Crippen MR) is 106 cm³/mol. The SMILES string of the molecule is CCCOc1ccc(N2C[C@@H](C(=O)NCc3ccccc3Cl)CC2=O)cc1. The molecule has 3 rings (SSSR count). The molecule has 142 valence electrons. The first-order chi connectivity index (χ1) is 13.1. The number of hydrogen-bond donors (Lipinski definition) is 1. The van der Waals surface area contributed by atoms with Crippen LogP contribution in [0, 0.1) is 5.92 Å². The number of nitrogens with one attached hydrogen (secondary N) is 1. The zero-order valence-corrected chi connectivity index (χ0v) is 16.0. The Bertz CT molecular complexity index is 807. The topological polar surface area (TPSA) is 58.6 Å². The smallest absolute Gasteiger partial charge is 0.227 e. The second-order valence-corrected chi connectivity index (χ2v) is 6.96. The average molecular weight is 387 g/mol. The summed E-state index contributed by atoms with van der Waals surface area (Å²) in [5.41, 5.74) is 1.64. The van der Waals surface area contributed by atoms with Crippen LogP contribution in [-0.2, 0) is 16.1 Å². The minimum atomic E-state index is -0.365. The van der Waals surface area contributed by atoms with Crippen LogP contribution in [0.4, 0.5) is 5.69 Å². The average Bonchev–Trinajstić information content (AvgIpc) is 3.07. The molecule has 2 aromatic carbocycles. The second-order valence-electron chi connectivity index (χ2n) is 6.56. The first-order valence-corrected chi connectivity index (χ1v) is 9.50. The molecule has 0 radical (unpaired) electrons. The molecule has 5 nitrogen and oxygen atoms in total. The fourth-order valence-corrected chi connectivity index (χ4v) is 3.25. The highest BCUT2D eigenvalue weighted by atomic mass is 35.5. The predicted octanol–water partition coefficient (Wildman–Crippen LogP) is 3.80. The molecular weight excluding hydrogens is 364 g/mol. The van der Waals surface area contributed by atoms with Crippen molar-refractivity contribution < 1.29 is 14.3 Å². The third-order valence-electron chi connectivity index (χ3n) is 4.53. The Morgan fingerprint density at radius 3 is 2.67 bits per heavy atom. The van der Waals surface area contributed by atoms with Crippen molar-refractivity contribution in [2.75, 3.05) is 18.1 Å². The Labute approximate surface area is 164 Å². The van der Waals surface area contributed by atoms with Gasteiger partial charge >= 0.3 is 0 Å². The fraction of sp³-hybridized carbons (Fsp3) is 0.333. The molecule has 1 heterocycles. The maximum atomic E-state index is 12.5. The molecule has 0 unspecified atom stereocenters. The van der Waals surface area contributed by atoms with Crippen molar-refractivity contribution in [1.82, 2.24) is 5.32 Å². The molecule has 1 atom stereocenters. The largest absolute Gasteiger partial charge is 0.494 e. The number of ether oxygens (including phenoxy) is 1. The van der Waals surface area contributed by atoms with Gasteiger partial charge in [-0.15, -0.1) is 0 Å². The van der Waals surface area contributed by atoms with Gasteiger partial charge in [-0.2, -0.15) is 0 Å². The van der Waals surface area contributed by atoms with E-state index in [2.05, 4.69) is 5.32 Å². The van der Waals surface area contributed by atoms with Crippen molar-refractivity contribution in [3.63, 3.8) is 0 Å². The van der Waals surface area contributed by atoms with Gasteiger partial charge in [-0.3, -0.25) is 9.59 Å². The zero-order valence-electron chi connectivity index (χ0n) is 15.3. The summed E-state index contributed by atoms with van der Waals surface area (Å²) >= 11 is 6.11. The molecule has 27 heavy (non-hydrogen) atoms. The number of hydrogen-bond acceptors (Lipinski definition) is 3. The normalized spacial score (nSPS) is 16.4. The van der Waals surface area contributed by atoms with E-state index in [-0.39, 0.29) is 24.2 Å². The van der Waals surface area contributed by atoms with Crippen LogP contribution >= 0.6 is 11.6 Å². The molecule has 0 bridgehead atoms. The quantitative estimate of drug-likeness (QED) is 0.787. The van der Waals surface area contributed by atoms with Gasteiger partial charge < -0.3 is 15.0 Å². The summed E-state index contributed by atoms with van der Waals surface area (Å²) in [6, 6.07) is 14.8. The molecule has 2 amide bonds. The van der Waals surface area contributed by atoms with Crippen molar-refractivity contribution in [3.05, 3.63) is 59.1 Å². The van der Waals surface area contributed by atoms with Gasteiger partial charge in [-0.05, 0) is 42.3 Å². The lowest BCUT2D eigenvalue weighted by molar-refractivity contribution is -0.126. The van der Waals surface area contributed by atoms with Crippen LogP contribution in [0.2, 0.25) is 5.02 Å². The Morgan fingerprint density at radius 1 is 1.22 bits per heavy atom. The lowest BCUT2D eigenvalue weighted by atomic mass is 10.1. The summed E-state index contributed by atoms with van der Waals surface area (Å²) in [5, 5.41) is 3.50. The van der Waals surface area contributed by atoms with Crippen LogP contribution in [0.15, 0.2) is 48.5 Å². The number of benzene rings is 2. The standard InChI is InChI=1S/C21H23ClN2O3/c1-2-11-27-18-9-7-17(8-10-18)24-14-16(12-20(24)25)21(26)23-13-15-5-3-4-6-19(15)22/h3-10,16H,2,11-14H2,1H3,(H,23,26)/t16-/m0/s1. The van der Waals surface area contributed by atoms with E-state index in [9.17, 15) is 9.59 Å². The molecule has 1 aliphatic rings. The Hall–Kier alpha value is -2.53. The van der Waals surface area contributed by atoms with Gasteiger partial charge in [0.2, 0.25) is 11.8 Å². The van der Waals surface area contributed by atoms with Crippen molar-refractivity contribution in [3.8, 4) is 5.75 Å². The summed E-state index contributed by atoms with van der Waals surface area (Å²) in [6.07, 6.45) is 1.15. The second kappa shape index (κ2) is 8.91. The summed E-state index contributed by atoms with van der Waals surface area (Å²) in [4.78, 5) is 26.5. The van der Waals surface area contributed by atoms with Crippen LogP contribution < -0.4 is 15.0 Å². The highest BCUT2D eigenvalue weighted by Gasteiger charge is 2.35. The van der Waals surface area contributed by atoms with Crippen molar-refractivity contribution in [2.45, 2.75) is 26.3 Å². The third-order valence-corrected chi connectivity index (χ3v) is 4.90. The van der Waals surface area contributed by atoms with Gasteiger partial charge in [-0.25, -0.2) is 0 Å². The van der Waals surface area contributed by atoms with Crippen molar-refractivity contribution in [1.29, 1.82) is 0 Å². The number of carbonyl (C=O) groups excluding carboxylic acids is 2. The first kappa shape index (κ1) is 19.2. The van der Waals surface area contributed by atoms with Gasteiger partial charge in [0, 0.05) is 30.2 Å². The number of anilines is 1. The summed E-state index contributed by atoms with van der Waals surface area (Å²) < 4.78 is 5.56. The summed E-state index contributed by atoms with van der Waals surface area (Å²) in [6.45, 7) is 3.44. The van der Waals surface area contributed by atoms with Gasteiger partial charge in [-0.1, -0.05) is 36.7 Å². The van der Waals surface area contributed by atoms with Crippen molar-refractivity contribution in [2.24, 2.45) is 5.92 Å². The van der Waals surface area contributed by atoms with Crippen molar-refractivity contribution >= 4 is 29.1 Å². The molecule has 1 N–H and O–H groups in total. The monoisotopic (exact) mass is 386 g/mol. The van der Waals surface area contributed by atoms with Gasteiger partial charge in [0.05, 0.1) is 12.5 Å². The Balaban J connectivity index is 1.58. The molecule has 6 heteroatoms. The van der Waals surface area contributed by atoms with E-state index < -0.39 is 0 Å². The highest BCUT2D eigenvalue weighted by Crippen LogP contribution is 2.27. The molecule has 1 aliphatic heterocycles. The van der Waals surface area contributed by atoms with E-state index in [0.717, 1.165) is 23.4 Å². The van der Waals surface area contributed by atoms with E-state index >= 15 is 0 Å². The van der Waals surface area contributed by atoms with Crippen LogP contribution in [0.5, 0.6) is 5.75 Å². The van der Waals surface area contributed by atoms with Gasteiger partial charge in [0.1, 0.15) is 5.75 Å². The number of amides is 2. The minimum Gasteiger partial charge on any atom is -0.494 e. The maximum absolute atomic E-state index is 12.5. The number of rotatable bonds is 7. The fourth-order valence-electron chi connectivity index (χ4n) is 3.04. The molecule has 1 fully saturated rings.